The van der Waals surface area contributed by atoms with Gasteiger partial charge in [-0.1, -0.05) is 6.58 Å². The number of ketones is 2. The maximum Gasteiger partial charge on any atom is 0.231 e. The van der Waals surface area contributed by atoms with Crippen molar-refractivity contribution in [2.24, 2.45) is 21.1 Å². The van der Waals surface area contributed by atoms with Crippen molar-refractivity contribution in [3.8, 4) is 17.2 Å². The van der Waals surface area contributed by atoms with E-state index >= 15 is 0 Å². The summed E-state index contributed by atoms with van der Waals surface area (Å²) in [7, 11) is 10.2. The van der Waals surface area contributed by atoms with Crippen molar-refractivity contribution in [3.05, 3.63) is 165 Å². The van der Waals surface area contributed by atoms with E-state index in [1.54, 1.807) is 89.6 Å². The maximum absolute atomic E-state index is 13.2. The third kappa shape index (κ3) is 25.9. The van der Waals surface area contributed by atoms with E-state index in [1.807, 2.05) is 14.0 Å². The number of aryl methyl sites for hydroxylation is 3. The Kier molecular flexibility index (Phi) is 36.4. The van der Waals surface area contributed by atoms with Gasteiger partial charge in [-0.25, -0.2) is 0 Å². The molecule has 3 unspecified atom stereocenters. The Balaban J connectivity index is 0.000000720. The van der Waals surface area contributed by atoms with Gasteiger partial charge in [0.15, 0.2) is 40.1 Å². The number of aromatic hydroxyl groups is 3. The third-order valence-electron chi connectivity index (χ3n) is 19.8. The van der Waals surface area contributed by atoms with E-state index in [4.69, 9.17) is 0 Å². The highest BCUT2D eigenvalue weighted by Gasteiger charge is 2.37. The van der Waals surface area contributed by atoms with Gasteiger partial charge in [0, 0.05) is 164 Å². The number of amides is 8. The summed E-state index contributed by atoms with van der Waals surface area (Å²) in [6.07, 6.45) is 3.55. The van der Waals surface area contributed by atoms with Crippen LogP contribution in [-0.4, -0.2) is 155 Å². The highest BCUT2D eigenvalue weighted by atomic mass is 35.5. The molecule has 0 bridgehead atoms. The summed E-state index contributed by atoms with van der Waals surface area (Å²) in [5.74, 6) is -7.20. The zero-order chi connectivity index (χ0) is 79.6. The second kappa shape index (κ2) is 41.9. The zero-order valence-corrected chi connectivity index (χ0v) is 66.1. The van der Waals surface area contributed by atoms with Gasteiger partial charge in [0.1, 0.15) is 17.1 Å². The molecule has 0 fully saturated rings. The highest BCUT2D eigenvalue weighted by Crippen LogP contribution is 2.29. The van der Waals surface area contributed by atoms with Gasteiger partial charge in [0.25, 0.3) is 0 Å². The molecule has 0 saturated carbocycles. The molecular weight excluding hydrogens is 1480 g/mol. The van der Waals surface area contributed by atoms with Crippen LogP contribution in [0.1, 0.15) is 146 Å². The van der Waals surface area contributed by atoms with Crippen molar-refractivity contribution in [2.75, 3.05) is 40.8 Å². The van der Waals surface area contributed by atoms with Crippen molar-refractivity contribution in [3.63, 3.8) is 0 Å². The number of halogens is 3. The van der Waals surface area contributed by atoms with Crippen molar-refractivity contribution in [1.29, 1.82) is 0 Å². The minimum absolute atomic E-state index is 0. The highest BCUT2D eigenvalue weighted by molar-refractivity contribution is 6.03. The van der Waals surface area contributed by atoms with Crippen LogP contribution in [-0.2, 0) is 88.7 Å². The molecule has 600 valence electrons. The lowest BCUT2D eigenvalue weighted by Gasteiger charge is -2.35. The fraction of sp³-hybridized carbons (Fsp3) is 0.466. The SMILES string of the molecule is C=C1C=C(C)[NH+](C)C(CNC(=O)CCC(CCC(=O)NCC2=C(O)C(=O)C=C(C)[NH+]2C)(CCC(=O)NCC2=C(O)C(=O)C=C(C)[NH+]2C)NC(C)=O)=C1O.CC(=O)NC(CCC(=O)NCc1c(O)c(=O)cc(C)n1C)(CCC(=O)NCc1c(O)c(=O)cc(C)n1C)CCC(=O)NCc1c(O)c(=O)cc(C)n1C.[Cl-].[Cl-].[Cl-]. The molecule has 6 heterocycles. The molecule has 17 N–H and O–H groups in total. The molecule has 3 aromatic heterocycles. The normalized spacial score (nSPS) is 16.0. The first-order valence-electron chi connectivity index (χ1n) is 34.5. The number of hydrogen-bond donors (Lipinski definition) is 17. The number of aliphatic hydroxyl groups excluding tert-OH is 3. The van der Waals surface area contributed by atoms with E-state index in [0.29, 0.717) is 60.9 Å². The first-order valence-corrected chi connectivity index (χ1v) is 34.5. The van der Waals surface area contributed by atoms with Crippen molar-refractivity contribution >= 4 is 58.8 Å². The Labute approximate surface area is 649 Å². The predicted octanol–water partition coefficient (Wildman–Crippen LogP) is -10.8. The molecule has 6 rings (SSSR count). The first-order chi connectivity index (χ1) is 49.5. The van der Waals surface area contributed by atoms with Gasteiger partial charge in [-0.05, 0) is 59.3 Å². The Morgan fingerprint density at radius 3 is 0.844 bits per heavy atom. The smallest absolute Gasteiger partial charge is 0.231 e. The molecule has 0 spiro atoms. The van der Waals surface area contributed by atoms with Crippen LogP contribution < -0.4 is 111 Å². The van der Waals surface area contributed by atoms with Gasteiger partial charge in [0.05, 0.1) is 77.5 Å². The van der Waals surface area contributed by atoms with Gasteiger partial charge in [0.2, 0.25) is 86.6 Å². The number of allylic oxidation sites excluding steroid dienone is 6. The van der Waals surface area contributed by atoms with Crippen molar-refractivity contribution in [1.82, 2.24) is 56.2 Å². The van der Waals surface area contributed by atoms with E-state index < -0.39 is 115 Å². The quantitative estimate of drug-likeness (QED) is 0.0276. The second-order valence-corrected chi connectivity index (χ2v) is 27.2. The number of nitrogens with zero attached hydrogens (tertiary/aromatic N) is 3. The summed E-state index contributed by atoms with van der Waals surface area (Å²) >= 11 is 0. The number of quaternary nitrogens is 3. The lowest BCUT2D eigenvalue weighted by atomic mass is 9.83. The lowest BCUT2D eigenvalue weighted by Crippen LogP contribution is -3.06. The zero-order valence-electron chi connectivity index (χ0n) is 63.9. The largest absolute Gasteiger partial charge is 1.00 e. The van der Waals surface area contributed by atoms with Crippen LogP contribution in [0.2, 0.25) is 0 Å². The second-order valence-electron chi connectivity index (χ2n) is 27.2. The number of likely N-dealkylation sites (N-methyl/N-ethyl adjacent to an activating group) is 3. The van der Waals surface area contributed by atoms with E-state index in [1.165, 1.54) is 44.2 Å². The third-order valence-corrected chi connectivity index (χ3v) is 19.8. The van der Waals surface area contributed by atoms with Crippen LogP contribution >= 0.6 is 0 Å². The Hall–Kier alpha value is -10.3. The monoisotopic (exact) mass is 1580 g/mol. The molecule has 0 saturated heterocycles. The summed E-state index contributed by atoms with van der Waals surface area (Å²) in [5.41, 5.74) is 1.84. The average Bonchev–Trinajstić information content (AvgIpc) is 0.819. The fourth-order valence-corrected chi connectivity index (χ4v) is 12.4. The molecule has 0 radical (unpaired) electrons. The lowest BCUT2D eigenvalue weighted by molar-refractivity contribution is -0.799. The van der Waals surface area contributed by atoms with Crippen LogP contribution in [0.25, 0.3) is 0 Å². The summed E-state index contributed by atoms with van der Waals surface area (Å²) in [4.78, 5) is 167. The number of aliphatic hydroxyl groups is 3. The minimum Gasteiger partial charge on any atom is -1.00 e. The van der Waals surface area contributed by atoms with Crippen molar-refractivity contribution in [2.45, 2.75) is 163 Å². The number of carbonyl (C=O) groups excluding carboxylic acids is 10. The molecule has 3 aromatic rings. The average molecular weight is 1590 g/mol. The van der Waals surface area contributed by atoms with E-state index in [0.717, 1.165) is 10.6 Å². The van der Waals surface area contributed by atoms with Gasteiger partial charge in [-0.2, -0.15) is 0 Å². The molecule has 33 nitrogen and oxygen atoms in total. The Bertz CT molecular complexity index is 4000. The van der Waals surface area contributed by atoms with E-state index in [-0.39, 0.29) is 176 Å². The minimum atomic E-state index is -1.26. The molecule has 3 atom stereocenters. The molecule has 0 aliphatic carbocycles. The summed E-state index contributed by atoms with van der Waals surface area (Å²) in [6, 6.07) is 3.80. The molecule has 8 amide bonds. The van der Waals surface area contributed by atoms with Gasteiger partial charge >= 0.3 is 0 Å². The maximum atomic E-state index is 13.2. The first kappa shape index (κ1) is 94.8. The number of pyridine rings is 3. The van der Waals surface area contributed by atoms with Gasteiger partial charge in [-0.3, -0.25) is 77.0 Å². The Morgan fingerprint density at radius 2 is 0.606 bits per heavy atom. The number of hydrogen-bond acceptors (Lipinski definition) is 19. The Morgan fingerprint density at radius 1 is 0.385 bits per heavy atom. The molecule has 36 heteroatoms. The number of nitrogens with one attached hydrogen (secondary N) is 11. The number of rotatable bonds is 32. The van der Waals surface area contributed by atoms with Gasteiger partial charge in [-0.15, -0.1) is 0 Å². The molecule has 3 aliphatic rings. The summed E-state index contributed by atoms with van der Waals surface area (Å²) in [5, 5.41) is 84.1. The number of aromatic nitrogens is 3. The molecule has 3 aliphatic heterocycles. The fourth-order valence-electron chi connectivity index (χ4n) is 12.4. The predicted molar refractivity (Wildman–Crippen MR) is 387 cm³/mol. The number of carbonyl (C=O) groups is 10. The van der Waals surface area contributed by atoms with Crippen LogP contribution in [0, 0.1) is 20.8 Å². The van der Waals surface area contributed by atoms with Crippen molar-refractivity contribution < 1.29 is 131 Å². The van der Waals surface area contributed by atoms with Gasteiger partial charge < -0.3 is 124 Å². The summed E-state index contributed by atoms with van der Waals surface area (Å²) in [6.45, 7) is 16.1. The van der Waals surface area contributed by atoms with E-state index in [9.17, 15) is 93.0 Å². The molecule has 109 heavy (non-hydrogen) atoms. The van der Waals surface area contributed by atoms with Crippen LogP contribution in [0.3, 0.4) is 0 Å². The van der Waals surface area contributed by atoms with Crippen LogP contribution in [0.4, 0.5) is 0 Å². The topological polar surface area (TPSA) is 468 Å². The van der Waals surface area contributed by atoms with E-state index in [2.05, 4.69) is 49.1 Å². The molecule has 0 aromatic carbocycles. The summed E-state index contributed by atoms with van der Waals surface area (Å²) < 4.78 is 4.70. The molecular formula is C73H103Cl3N14O19. The van der Waals surface area contributed by atoms with Crippen LogP contribution in [0.5, 0.6) is 17.2 Å². The van der Waals surface area contributed by atoms with Crippen LogP contribution in [0.15, 0.2) is 114 Å². The standard InChI is InChI=1S/C37H51N7O9.C36H49N7O10.3ClH/c1-21-15-22(2)42(6)26(34(21)51)18-38-31(48)9-12-37(41-25(5)45,13-10-32(49)39-19-27-35(52)29(46)16-23(3)43(27)7)14-11-33(50)40-20-28-36(53)30(47)17-24(4)44(28)8;1-20-14-27(45)33(51)24(41(20)5)17-37-30(48)8-11-36(40-23(4)44,12-9-31(49)38-18-25-34(52)28(46)15-21(2)42(25)6)13-10-32(50)39-19-26-35(53)29(47)16-22(3)43(26)7;;;/h15-17,51-53H,1,9-14,18-20H2,2-8H3,(H,38,48)(H,39,49)(H,40,50)(H,41,45);14-16,51-53H,8-13,17-19H2,1-7H3,(H,37,48)(H,38,49)(H,39,50)(H,40,44);3*1H.